The van der Waals surface area contributed by atoms with Crippen LogP contribution in [0.1, 0.15) is 16.8 Å². The van der Waals surface area contributed by atoms with Gasteiger partial charge in [0.15, 0.2) is 21.3 Å². The number of benzene rings is 2. The smallest absolute Gasteiger partial charge is 0.387 e. The molecule has 1 atom stereocenters. The Kier molecular flexibility index (Phi) is 6.63. The van der Waals surface area contributed by atoms with E-state index in [0.717, 1.165) is 0 Å². The predicted octanol–water partition coefficient (Wildman–Crippen LogP) is 3.83. The van der Waals surface area contributed by atoms with Crippen molar-refractivity contribution < 1.29 is 31.5 Å². The van der Waals surface area contributed by atoms with E-state index >= 15 is 0 Å². The molecule has 2 aromatic carbocycles. The van der Waals surface area contributed by atoms with Crippen molar-refractivity contribution in [1.29, 1.82) is 0 Å². The van der Waals surface area contributed by atoms with Crippen molar-refractivity contribution in [2.45, 2.75) is 23.2 Å². The number of halogens is 2. The first-order valence-corrected chi connectivity index (χ1v) is 11.4. The van der Waals surface area contributed by atoms with E-state index < -0.39 is 22.4 Å². The second kappa shape index (κ2) is 9.00. The Labute approximate surface area is 171 Å². The van der Waals surface area contributed by atoms with Gasteiger partial charge in [0, 0.05) is 21.9 Å². The summed E-state index contributed by atoms with van der Waals surface area (Å²) in [5.74, 6) is -0.291. The Balaban J connectivity index is 1.78. The van der Waals surface area contributed by atoms with Gasteiger partial charge in [0.25, 0.3) is 5.91 Å². The van der Waals surface area contributed by atoms with Gasteiger partial charge in [-0.05, 0) is 30.7 Å². The van der Waals surface area contributed by atoms with Crippen LogP contribution in [0.15, 0.2) is 47.4 Å². The molecule has 1 fully saturated rings. The maximum Gasteiger partial charge on any atom is 0.387 e. The summed E-state index contributed by atoms with van der Waals surface area (Å²) in [4.78, 5) is 13.4. The molecule has 10 heteroatoms. The van der Waals surface area contributed by atoms with Gasteiger partial charge in [-0.15, -0.1) is 11.8 Å². The summed E-state index contributed by atoms with van der Waals surface area (Å²) < 4.78 is 57.9. The molecule has 1 saturated heterocycles. The van der Waals surface area contributed by atoms with Crippen LogP contribution in [0.25, 0.3) is 0 Å². The average molecular weight is 443 g/mol. The Morgan fingerprint density at radius 2 is 1.97 bits per heavy atom. The van der Waals surface area contributed by atoms with Crippen LogP contribution >= 0.6 is 11.8 Å². The standard InChI is InChI=1S/C19H19F2NO5S2/c1-26-15-7-6-12(10-16(15)27-19(20)21)22-18(23)14-4-2-3-5-17(14)28-13-8-9-29(24,25)11-13/h2-7,10,13,19H,8-9,11H2,1H3,(H,22,23). The number of carbonyl (C=O) groups is 1. The lowest BCUT2D eigenvalue weighted by Gasteiger charge is -2.14. The lowest BCUT2D eigenvalue weighted by atomic mass is 10.2. The number of alkyl halides is 2. The van der Waals surface area contributed by atoms with Gasteiger partial charge in [0.1, 0.15) is 0 Å². The zero-order valence-electron chi connectivity index (χ0n) is 15.4. The third-order valence-corrected chi connectivity index (χ3v) is 7.58. The van der Waals surface area contributed by atoms with E-state index in [9.17, 15) is 22.0 Å². The summed E-state index contributed by atoms with van der Waals surface area (Å²) >= 11 is 1.35. The molecule has 6 nitrogen and oxygen atoms in total. The minimum Gasteiger partial charge on any atom is -0.493 e. The quantitative estimate of drug-likeness (QED) is 0.701. The average Bonchev–Trinajstić information content (AvgIpc) is 3.00. The molecule has 29 heavy (non-hydrogen) atoms. The number of rotatable bonds is 7. The normalized spacial score (nSPS) is 17.9. The highest BCUT2D eigenvalue weighted by atomic mass is 32.2. The number of hydrogen-bond acceptors (Lipinski definition) is 6. The number of anilines is 1. The summed E-state index contributed by atoms with van der Waals surface area (Å²) in [6.45, 7) is -3.03. The molecule has 0 saturated carbocycles. The van der Waals surface area contributed by atoms with Crippen LogP contribution in [0.5, 0.6) is 11.5 Å². The molecule has 1 aliphatic rings. The van der Waals surface area contributed by atoms with Crippen molar-refractivity contribution in [2.75, 3.05) is 23.9 Å². The summed E-state index contributed by atoms with van der Waals surface area (Å²) in [6, 6.07) is 11.0. The van der Waals surface area contributed by atoms with Crippen molar-refractivity contribution in [3.8, 4) is 11.5 Å². The second-order valence-electron chi connectivity index (χ2n) is 6.34. The number of nitrogens with one attached hydrogen (secondary N) is 1. The molecule has 1 heterocycles. The van der Waals surface area contributed by atoms with Gasteiger partial charge in [-0.2, -0.15) is 8.78 Å². The number of methoxy groups -OCH3 is 1. The first-order chi connectivity index (χ1) is 13.8. The lowest BCUT2D eigenvalue weighted by molar-refractivity contribution is -0.0511. The van der Waals surface area contributed by atoms with Crippen molar-refractivity contribution in [3.05, 3.63) is 48.0 Å². The van der Waals surface area contributed by atoms with Crippen LogP contribution < -0.4 is 14.8 Å². The summed E-state index contributed by atoms with van der Waals surface area (Å²) in [5.41, 5.74) is 0.628. The van der Waals surface area contributed by atoms with Crippen molar-refractivity contribution in [2.24, 2.45) is 0 Å². The summed E-state index contributed by atoms with van der Waals surface area (Å²) in [6.07, 6.45) is 0.537. The Morgan fingerprint density at radius 3 is 2.62 bits per heavy atom. The van der Waals surface area contributed by atoms with Gasteiger partial charge in [-0.1, -0.05) is 12.1 Å². The highest BCUT2D eigenvalue weighted by Crippen LogP contribution is 2.34. The molecular formula is C19H19F2NO5S2. The Hall–Kier alpha value is -2.33. The van der Waals surface area contributed by atoms with Crippen LogP contribution in [-0.4, -0.2) is 44.8 Å². The number of amides is 1. The SMILES string of the molecule is COc1ccc(NC(=O)c2ccccc2SC2CCS(=O)(=O)C2)cc1OC(F)F. The molecule has 0 bridgehead atoms. The fourth-order valence-electron chi connectivity index (χ4n) is 2.93. The maximum atomic E-state index is 12.8. The van der Waals surface area contributed by atoms with Gasteiger partial charge in [-0.25, -0.2) is 8.42 Å². The molecule has 2 aromatic rings. The van der Waals surface area contributed by atoms with Crippen molar-refractivity contribution in [1.82, 2.24) is 0 Å². The molecule has 1 N–H and O–H groups in total. The zero-order valence-corrected chi connectivity index (χ0v) is 17.1. The van der Waals surface area contributed by atoms with Gasteiger partial charge < -0.3 is 14.8 Å². The van der Waals surface area contributed by atoms with Crippen LogP contribution in [-0.2, 0) is 9.84 Å². The van der Waals surface area contributed by atoms with E-state index in [0.29, 0.717) is 16.9 Å². The first kappa shape index (κ1) is 21.4. The molecule has 156 valence electrons. The van der Waals surface area contributed by atoms with Gasteiger partial charge in [-0.3, -0.25) is 4.79 Å². The number of hydrogen-bond donors (Lipinski definition) is 1. The molecule has 0 spiro atoms. The summed E-state index contributed by atoms with van der Waals surface area (Å²) in [7, 11) is -1.70. The van der Waals surface area contributed by atoms with E-state index in [2.05, 4.69) is 10.1 Å². The van der Waals surface area contributed by atoms with Crippen LogP contribution in [0.2, 0.25) is 0 Å². The Morgan fingerprint density at radius 1 is 1.21 bits per heavy atom. The maximum absolute atomic E-state index is 12.8. The molecule has 1 amide bonds. The van der Waals surface area contributed by atoms with Crippen LogP contribution in [0.3, 0.4) is 0 Å². The monoisotopic (exact) mass is 443 g/mol. The van der Waals surface area contributed by atoms with Gasteiger partial charge >= 0.3 is 6.61 Å². The molecule has 0 aromatic heterocycles. The van der Waals surface area contributed by atoms with Crippen LogP contribution in [0, 0.1) is 0 Å². The fourth-order valence-corrected chi connectivity index (χ4v) is 6.56. The van der Waals surface area contributed by atoms with Crippen molar-refractivity contribution >= 4 is 33.2 Å². The highest BCUT2D eigenvalue weighted by molar-refractivity contribution is 8.02. The molecule has 1 aliphatic heterocycles. The minimum absolute atomic E-state index is 0.0838. The Bertz CT molecular complexity index is 998. The molecule has 0 radical (unpaired) electrons. The third kappa shape index (κ3) is 5.60. The van der Waals surface area contributed by atoms with Crippen molar-refractivity contribution in [3.63, 3.8) is 0 Å². The van der Waals surface area contributed by atoms with Gasteiger partial charge in [0.2, 0.25) is 0 Å². The molecule has 3 rings (SSSR count). The number of carbonyl (C=O) groups excluding carboxylic acids is 1. The first-order valence-electron chi connectivity index (χ1n) is 8.68. The zero-order chi connectivity index (χ0) is 21.0. The van der Waals surface area contributed by atoms with E-state index in [4.69, 9.17) is 4.74 Å². The highest BCUT2D eigenvalue weighted by Gasteiger charge is 2.29. The third-order valence-electron chi connectivity index (χ3n) is 4.25. The predicted molar refractivity (Wildman–Crippen MR) is 107 cm³/mol. The largest absolute Gasteiger partial charge is 0.493 e. The molecule has 0 aliphatic carbocycles. The van der Waals surface area contributed by atoms with E-state index in [1.165, 1.54) is 37.1 Å². The number of ether oxygens (including phenoxy) is 2. The van der Waals surface area contributed by atoms with Crippen LogP contribution in [0.4, 0.5) is 14.5 Å². The topological polar surface area (TPSA) is 81.7 Å². The van der Waals surface area contributed by atoms with E-state index in [-0.39, 0.29) is 33.9 Å². The second-order valence-corrected chi connectivity index (χ2v) is 9.91. The number of sulfone groups is 1. The molecule has 1 unspecified atom stereocenters. The lowest BCUT2D eigenvalue weighted by Crippen LogP contribution is -2.14. The summed E-state index contributed by atoms with van der Waals surface area (Å²) in [5, 5.41) is 2.54. The van der Waals surface area contributed by atoms with Gasteiger partial charge in [0.05, 0.1) is 24.2 Å². The molecular weight excluding hydrogens is 424 g/mol. The van der Waals surface area contributed by atoms with E-state index in [1.807, 2.05) is 0 Å². The fraction of sp³-hybridized carbons (Fsp3) is 0.316. The van der Waals surface area contributed by atoms with E-state index in [1.54, 1.807) is 24.3 Å². The minimum atomic E-state index is -3.03. The number of thioether (sulfide) groups is 1.